The minimum absolute atomic E-state index is 0.471. The van der Waals surface area contributed by atoms with Gasteiger partial charge in [0.25, 0.3) is 0 Å². The number of hydrogen-bond acceptors (Lipinski definition) is 4. The third-order valence-corrected chi connectivity index (χ3v) is 2.68. The monoisotopic (exact) mass is 273 g/mol. The van der Waals surface area contributed by atoms with E-state index in [0.717, 1.165) is 4.47 Å². The minimum atomic E-state index is -0.782. The van der Waals surface area contributed by atoms with E-state index < -0.39 is 12.0 Å². The van der Waals surface area contributed by atoms with Gasteiger partial charge in [-0.05, 0) is 17.7 Å². The summed E-state index contributed by atoms with van der Waals surface area (Å²) < 4.78 is 10.3. The van der Waals surface area contributed by atoms with E-state index in [1.54, 1.807) is 25.3 Å². The Balaban J connectivity index is 3.00. The van der Waals surface area contributed by atoms with Crippen LogP contribution in [0.2, 0.25) is 0 Å². The second-order valence-corrected chi connectivity index (χ2v) is 3.74. The molecule has 0 fully saturated rings. The summed E-state index contributed by atoms with van der Waals surface area (Å²) in [6, 6.07) is 4.43. The van der Waals surface area contributed by atoms with Crippen LogP contribution < -0.4 is 10.5 Å². The van der Waals surface area contributed by atoms with Gasteiger partial charge in [0.15, 0.2) is 0 Å². The molecular formula is C10H12BrNO3. The summed E-state index contributed by atoms with van der Waals surface area (Å²) in [5, 5.41) is 0. The fourth-order valence-corrected chi connectivity index (χ4v) is 1.75. The fraction of sp³-hybridized carbons (Fsp3) is 0.300. The van der Waals surface area contributed by atoms with Crippen LogP contribution in [-0.4, -0.2) is 20.2 Å². The number of benzene rings is 1. The second kappa shape index (κ2) is 5.14. The lowest BCUT2D eigenvalue weighted by Gasteiger charge is -2.12. The molecule has 0 bridgehead atoms. The number of nitrogens with two attached hydrogens (primary N) is 1. The highest BCUT2D eigenvalue weighted by atomic mass is 79.9. The summed E-state index contributed by atoms with van der Waals surface area (Å²) in [5.74, 6) is 0.226. The molecule has 0 saturated carbocycles. The highest BCUT2D eigenvalue weighted by Crippen LogP contribution is 2.27. The van der Waals surface area contributed by atoms with Crippen LogP contribution in [0.1, 0.15) is 11.6 Å². The maximum Gasteiger partial charge on any atom is 0.327 e. The van der Waals surface area contributed by atoms with Gasteiger partial charge in [-0.15, -0.1) is 0 Å². The van der Waals surface area contributed by atoms with E-state index in [4.69, 9.17) is 10.5 Å². The fourth-order valence-electron chi connectivity index (χ4n) is 1.14. The first kappa shape index (κ1) is 12.0. The average Bonchev–Trinajstić information content (AvgIpc) is 2.26. The molecule has 0 aromatic heterocycles. The van der Waals surface area contributed by atoms with Crippen LogP contribution in [0.5, 0.6) is 5.75 Å². The van der Waals surface area contributed by atoms with E-state index in [1.807, 2.05) is 0 Å². The van der Waals surface area contributed by atoms with Gasteiger partial charge in [0.05, 0.1) is 14.2 Å². The molecular weight excluding hydrogens is 262 g/mol. The van der Waals surface area contributed by atoms with Gasteiger partial charge in [0, 0.05) is 4.47 Å². The van der Waals surface area contributed by atoms with Gasteiger partial charge in [-0.1, -0.05) is 22.0 Å². The second-order valence-electron chi connectivity index (χ2n) is 2.89. The molecule has 0 amide bonds. The molecule has 0 spiro atoms. The normalized spacial score (nSPS) is 12.0. The van der Waals surface area contributed by atoms with Crippen LogP contribution >= 0.6 is 15.9 Å². The first-order valence-corrected chi connectivity index (χ1v) is 5.06. The Hall–Kier alpha value is -1.07. The van der Waals surface area contributed by atoms with Gasteiger partial charge in [-0.25, -0.2) is 0 Å². The Bertz CT molecular complexity index is 368. The number of methoxy groups -OCH3 is 2. The lowest BCUT2D eigenvalue weighted by molar-refractivity contribution is -0.142. The van der Waals surface area contributed by atoms with E-state index >= 15 is 0 Å². The number of ether oxygens (including phenoxy) is 2. The molecule has 15 heavy (non-hydrogen) atoms. The summed E-state index contributed by atoms with van der Waals surface area (Å²) >= 11 is 3.32. The zero-order valence-electron chi connectivity index (χ0n) is 8.49. The molecule has 2 N–H and O–H groups in total. The van der Waals surface area contributed by atoms with Crippen molar-refractivity contribution in [3.05, 3.63) is 28.2 Å². The molecule has 4 nitrogen and oxygen atoms in total. The van der Waals surface area contributed by atoms with E-state index in [2.05, 4.69) is 20.7 Å². The van der Waals surface area contributed by atoms with Crippen LogP contribution in [0.15, 0.2) is 22.7 Å². The van der Waals surface area contributed by atoms with Gasteiger partial charge in [0.2, 0.25) is 0 Å². The summed E-state index contributed by atoms with van der Waals surface area (Å²) in [7, 11) is 2.88. The van der Waals surface area contributed by atoms with Gasteiger partial charge in [-0.3, -0.25) is 4.79 Å². The number of carbonyl (C=O) groups is 1. The van der Waals surface area contributed by atoms with Crippen molar-refractivity contribution in [2.75, 3.05) is 14.2 Å². The smallest absolute Gasteiger partial charge is 0.327 e. The largest absolute Gasteiger partial charge is 0.497 e. The molecule has 1 aromatic rings. The molecule has 0 radical (unpaired) electrons. The average molecular weight is 274 g/mol. The van der Waals surface area contributed by atoms with Crippen molar-refractivity contribution < 1.29 is 14.3 Å². The summed E-state index contributed by atoms with van der Waals surface area (Å²) in [4.78, 5) is 11.2. The van der Waals surface area contributed by atoms with Crippen LogP contribution in [0.4, 0.5) is 0 Å². The van der Waals surface area contributed by atoms with Crippen molar-refractivity contribution in [1.29, 1.82) is 0 Å². The molecule has 0 aliphatic rings. The van der Waals surface area contributed by atoms with Gasteiger partial charge >= 0.3 is 5.97 Å². The van der Waals surface area contributed by atoms with Gasteiger partial charge < -0.3 is 15.2 Å². The number of hydrogen-bond donors (Lipinski definition) is 1. The summed E-state index contributed by atoms with van der Waals surface area (Å²) in [6.45, 7) is 0. The number of halogens is 1. The SMILES string of the molecule is COC(=O)C(N)c1ccc(OC)cc1Br. The maximum absolute atomic E-state index is 11.2. The number of carbonyl (C=O) groups excluding carboxylic acids is 1. The molecule has 0 saturated heterocycles. The summed E-state index contributed by atoms with van der Waals surface area (Å²) in [5.41, 5.74) is 6.37. The molecule has 0 aliphatic heterocycles. The molecule has 1 aromatic carbocycles. The number of esters is 1. The predicted octanol–water partition coefficient (Wildman–Crippen LogP) is 1.63. The molecule has 0 heterocycles. The molecule has 5 heteroatoms. The Labute approximate surface area is 96.5 Å². The summed E-state index contributed by atoms with van der Waals surface area (Å²) in [6.07, 6.45) is 0. The maximum atomic E-state index is 11.2. The van der Waals surface area contributed by atoms with Crippen molar-refractivity contribution in [3.8, 4) is 5.75 Å². The van der Waals surface area contributed by atoms with Crippen molar-refractivity contribution in [2.45, 2.75) is 6.04 Å². The quantitative estimate of drug-likeness (QED) is 0.851. The Kier molecular flexibility index (Phi) is 4.11. The van der Waals surface area contributed by atoms with Crippen LogP contribution in [-0.2, 0) is 9.53 Å². The van der Waals surface area contributed by atoms with E-state index in [1.165, 1.54) is 7.11 Å². The van der Waals surface area contributed by atoms with E-state index in [0.29, 0.717) is 11.3 Å². The Morgan fingerprint density at radius 2 is 2.13 bits per heavy atom. The Morgan fingerprint density at radius 3 is 2.60 bits per heavy atom. The standard InChI is InChI=1S/C10H12BrNO3/c1-14-6-3-4-7(8(11)5-6)9(12)10(13)15-2/h3-5,9H,12H2,1-2H3. The highest BCUT2D eigenvalue weighted by molar-refractivity contribution is 9.10. The zero-order chi connectivity index (χ0) is 11.4. The number of rotatable bonds is 3. The lowest BCUT2D eigenvalue weighted by Crippen LogP contribution is -2.22. The topological polar surface area (TPSA) is 61.5 Å². The van der Waals surface area contributed by atoms with Crippen LogP contribution in [0.3, 0.4) is 0 Å². The van der Waals surface area contributed by atoms with Gasteiger partial charge in [0.1, 0.15) is 11.8 Å². The molecule has 0 aliphatic carbocycles. The Morgan fingerprint density at radius 1 is 1.47 bits per heavy atom. The third-order valence-electron chi connectivity index (χ3n) is 2.00. The van der Waals surface area contributed by atoms with Crippen LogP contribution in [0.25, 0.3) is 0 Å². The molecule has 82 valence electrons. The first-order chi connectivity index (χ1) is 7.10. The van der Waals surface area contributed by atoms with Crippen LogP contribution in [0, 0.1) is 0 Å². The molecule has 1 unspecified atom stereocenters. The molecule has 1 atom stereocenters. The third kappa shape index (κ3) is 2.70. The van der Waals surface area contributed by atoms with Crippen molar-refractivity contribution in [2.24, 2.45) is 5.73 Å². The highest BCUT2D eigenvalue weighted by Gasteiger charge is 2.18. The van der Waals surface area contributed by atoms with Gasteiger partial charge in [-0.2, -0.15) is 0 Å². The minimum Gasteiger partial charge on any atom is -0.497 e. The van der Waals surface area contributed by atoms with E-state index in [-0.39, 0.29) is 0 Å². The predicted molar refractivity (Wildman–Crippen MR) is 59.6 cm³/mol. The lowest BCUT2D eigenvalue weighted by atomic mass is 10.1. The van der Waals surface area contributed by atoms with Crippen molar-refractivity contribution in [1.82, 2.24) is 0 Å². The van der Waals surface area contributed by atoms with E-state index in [9.17, 15) is 4.79 Å². The van der Waals surface area contributed by atoms with Crippen molar-refractivity contribution in [3.63, 3.8) is 0 Å². The van der Waals surface area contributed by atoms with Crippen molar-refractivity contribution >= 4 is 21.9 Å². The molecule has 1 rings (SSSR count). The zero-order valence-corrected chi connectivity index (χ0v) is 10.1. The first-order valence-electron chi connectivity index (χ1n) is 4.27.